The van der Waals surface area contributed by atoms with Crippen LogP contribution in [0.3, 0.4) is 0 Å². The highest BCUT2D eigenvalue weighted by molar-refractivity contribution is 5.87. The van der Waals surface area contributed by atoms with Gasteiger partial charge in [0.15, 0.2) is 5.75 Å². The maximum Gasteiger partial charge on any atom is 0.415 e. The number of hydrogen-bond acceptors (Lipinski definition) is 5. The van der Waals surface area contributed by atoms with Gasteiger partial charge < -0.3 is 19.6 Å². The van der Waals surface area contributed by atoms with Crippen molar-refractivity contribution < 1.29 is 19.4 Å². The van der Waals surface area contributed by atoms with Crippen LogP contribution in [0.15, 0.2) is 48.8 Å². The molecule has 0 radical (unpaired) electrons. The number of rotatable bonds is 5. The molecule has 1 fully saturated rings. The van der Waals surface area contributed by atoms with Gasteiger partial charge in [-0.15, -0.1) is 0 Å². The van der Waals surface area contributed by atoms with Crippen LogP contribution in [0, 0.1) is 0 Å². The van der Waals surface area contributed by atoms with E-state index in [-0.39, 0.29) is 11.3 Å². The van der Waals surface area contributed by atoms with Crippen molar-refractivity contribution >= 4 is 12.1 Å². The number of aromatic carboxylic acids is 1. The van der Waals surface area contributed by atoms with E-state index in [4.69, 9.17) is 9.84 Å². The lowest BCUT2D eigenvalue weighted by atomic mass is 10.1. The van der Waals surface area contributed by atoms with Gasteiger partial charge in [0.2, 0.25) is 0 Å². The molecule has 1 aromatic carbocycles. The minimum atomic E-state index is -1.11. The van der Waals surface area contributed by atoms with Crippen LogP contribution in [0.1, 0.15) is 22.3 Å². The van der Waals surface area contributed by atoms with E-state index in [1.807, 2.05) is 18.2 Å². The third-order valence-corrected chi connectivity index (χ3v) is 4.57. The van der Waals surface area contributed by atoms with E-state index in [1.165, 1.54) is 24.0 Å². The van der Waals surface area contributed by atoms with Crippen LogP contribution in [-0.4, -0.2) is 64.7 Å². The summed E-state index contributed by atoms with van der Waals surface area (Å²) in [5.74, 6) is -0.964. The zero-order chi connectivity index (χ0) is 19.1. The number of carbonyl (C=O) groups excluding carboxylic acids is 1. The molecule has 1 amide bonds. The minimum absolute atomic E-state index is 0.0109. The molecule has 1 aliphatic rings. The smallest absolute Gasteiger partial charge is 0.415 e. The number of aromatic nitrogens is 1. The molecule has 3 rings (SSSR count). The molecule has 1 aliphatic heterocycles. The Kier molecular flexibility index (Phi) is 6.38. The lowest BCUT2D eigenvalue weighted by Crippen LogP contribution is -2.37. The van der Waals surface area contributed by atoms with Gasteiger partial charge in [0.1, 0.15) is 0 Å². The lowest BCUT2D eigenvalue weighted by Gasteiger charge is -2.21. The van der Waals surface area contributed by atoms with Crippen molar-refractivity contribution in [2.45, 2.75) is 12.8 Å². The largest absolute Gasteiger partial charge is 0.478 e. The summed E-state index contributed by atoms with van der Waals surface area (Å²) in [6.45, 7) is 3.88. The van der Waals surface area contributed by atoms with Gasteiger partial charge in [0.05, 0.1) is 11.8 Å². The van der Waals surface area contributed by atoms with E-state index in [0.29, 0.717) is 13.1 Å². The third kappa shape index (κ3) is 5.52. The molecule has 0 bridgehead atoms. The Morgan fingerprint density at radius 2 is 1.89 bits per heavy atom. The van der Waals surface area contributed by atoms with Crippen molar-refractivity contribution in [3.05, 3.63) is 59.9 Å². The SMILES string of the molecule is O=C(O)c1cncc(OC(=O)N2CCCN(CCc3ccccc3)CC2)c1. The molecule has 2 heterocycles. The number of carboxylic acids is 1. The van der Waals surface area contributed by atoms with Gasteiger partial charge in [0, 0.05) is 32.4 Å². The summed E-state index contributed by atoms with van der Waals surface area (Å²) in [4.78, 5) is 31.2. The highest BCUT2D eigenvalue weighted by atomic mass is 16.6. The zero-order valence-electron chi connectivity index (χ0n) is 15.1. The molecule has 27 heavy (non-hydrogen) atoms. The predicted molar refractivity (Wildman–Crippen MR) is 100.0 cm³/mol. The summed E-state index contributed by atoms with van der Waals surface area (Å²) in [5.41, 5.74) is 1.30. The van der Waals surface area contributed by atoms with Crippen LogP contribution >= 0.6 is 0 Å². The summed E-state index contributed by atoms with van der Waals surface area (Å²) in [5, 5.41) is 8.99. The molecule has 142 valence electrons. The maximum absolute atomic E-state index is 12.4. The average Bonchev–Trinajstić information content (AvgIpc) is 2.93. The Labute approximate surface area is 158 Å². The third-order valence-electron chi connectivity index (χ3n) is 4.57. The Bertz CT molecular complexity index is 782. The van der Waals surface area contributed by atoms with Crippen molar-refractivity contribution in [2.75, 3.05) is 32.7 Å². The molecule has 0 unspecified atom stereocenters. The number of carbonyl (C=O) groups is 2. The molecule has 0 atom stereocenters. The summed E-state index contributed by atoms with van der Waals surface area (Å²) in [6.07, 6.45) is 3.95. The first kappa shape index (κ1) is 18.8. The fraction of sp³-hybridized carbons (Fsp3) is 0.350. The number of hydrogen-bond donors (Lipinski definition) is 1. The van der Waals surface area contributed by atoms with Crippen LogP contribution < -0.4 is 4.74 Å². The molecule has 7 heteroatoms. The minimum Gasteiger partial charge on any atom is -0.478 e. The number of carboxylic acid groups (broad SMARTS) is 1. The first-order valence-corrected chi connectivity index (χ1v) is 9.03. The molecule has 7 nitrogen and oxygen atoms in total. The molecular formula is C20H23N3O4. The van der Waals surface area contributed by atoms with Crippen molar-refractivity contribution in [2.24, 2.45) is 0 Å². The van der Waals surface area contributed by atoms with Gasteiger partial charge in [0.25, 0.3) is 0 Å². The maximum atomic E-state index is 12.4. The van der Waals surface area contributed by atoms with Gasteiger partial charge in [-0.2, -0.15) is 0 Å². The highest BCUT2D eigenvalue weighted by Gasteiger charge is 2.21. The van der Waals surface area contributed by atoms with Gasteiger partial charge in [-0.3, -0.25) is 4.98 Å². The number of benzene rings is 1. The summed E-state index contributed by atoms with van der Waals surface area (Å²) in [7, 11) is 0. The van der Waals surface area contributed by atoms with E-state index in [9.17, 15) is 9.59 Å². The van der Waals surface area contributed by atoms with Crippen LogP contribution in [0.4, 0.5) is 4.79 Å². The predicted octanol–water partition coefficient (Wildman–Crippen LogP) is 2.53. The normalized spacial score (nSPS) is 15.2. The summed E-state index contributed by atoms with van der Waals surface area (Å²) >= 11 is 0. The van der Waals surface area contributed by atoms with E-state index >= 15 is 0 Å². The lowest BCUT2D eigenvalue weighted by molar-refractivity contribution is 0.0695. The van der Waals surface area contributed by atoms with Gasteiger partial charge >= 0.3 is 12.1 Å². The van der Waals surface area contributed by atoms with Crippen molar-refractivity contribution in [3.8, 4) is 5.75 Å². The van der Waals surface area contributed by atoms with Gasteiger partial charge in [-0.25, -0.2) is 9.59 Å². The Morgan fingerprint density at radius 1 is 1.07 bits per heavy atom. The number of amides is 1. The Morgan fingerprint density at radius 3 is 2.67 bits per heavy atom. The second kappa shape index (κ2) is 9.14. The fourth-order valence-corrected chi connectivity index (χ4v) is 3.07. The highest BCUT2D eigenvalue weighted by Crippen LogP contribution is 2.14. The first-order valence-electron chi connectivity index (χ1n) is 9.03. The van der Waals surface area contributed by atoms with Gasteiger partial charge in [-0.05, 0) is 31.0 Å². The van der Waals surface area contributed by atoms with Crippen molar-refractivity contribution in [3.63, 3.8) is 0 Å². The fourth-order valence-electron chi connectivity index (χ4n) is 3.07. The standard InChI is InChI=1S/C20H23N3O4/c24-19(25)17-13-18(15-21-14-17)27-20(26)23-9-4-8-22(11-12-23)10-7-16-5-2-1-3-6-16/h1-3,5-6,13-15H,4,7-12H2,(H,24,25). The van der Waals surface area contributed by atoms with Crippen LogP contribution in [0.2, 0.25) is 0 Å². The zero-order valence-corrected chi connectivity index (χ0v) is 15.1. The molecule has 0 spiro atoms. The molecule has 1 saturated heterocycles. The second-order valence-electron chi connectivity index (χ2n) is 6.50. The summed E-state index contributed by atoms with van der Waals surface area (Å²) in [6, 6.07) is 11.7. The summed E-state index contributed by atoms with van der Waals surface area (Å²) < 4.78 is 5.31. The topological polar surface area (TPSA) is 83.0 Å². The molecule has 0 aliphatic carbocycles. The quantitative estimate of drug-likeness (QED) is 0.872. The molecule has 1 N–H and O–H groups in total. The van der Waals surface area contributed by atoms with E-state index < -0.39 is 12.1 Å². The van der Waals surface area contributed by atoms with E-state index in [2.05, 4.69) is 22.0 Å². The van der Waals surface area contributed by atoms with Crippen LogP contribution in [0.5, 0.6) is 5.75 Å². The number of pyridine rings is 1. The molecule has 1 aromatic heterocycles. The van der Waals surface area contributed by atoms with E-state index in [0.717, 1.165) is 32.5 Å². The van der Waals surface area contributed by atoms with Crippen molar-refractivity contribution in [1.29, 1.82) is 0 Å². The average molecular weight is 369 g/mol. The Balaban J connectivity index is 1.50. The van der Waals surface area contributed by atoms with Crippen molar-refractivity contribution in [1.82, 2.24) is 14.8 Å². The molecule has 0 saturated carbocycles. The molecular weight excluding hydrogens is 346 g/mol. The van der Waals surface area contributed by atoms with E-state index in [1.54, 1.807) is 4.90 Å². The molecule has 2 aromatic rings. The Hall–Kier alpha value is -2.93. The first-order chi connectivity index (χ1) is 13.1. The second-order valence-corrected chi connectivity index (χ2v) is 6.50. The number of nitrogens with zero attached hydrogens (tertiary/aromatic N) is 3. The van der Waals surface area contributed by atoms with Crippen LogP contribution in [0.25, 0.3) is 0 Å². The van der Waals surface area contributed by atoms with Gasteiger partial charge in [-0.1, -0.05) is 30.3 Å². The number of ether oxygens (including phenoxy) is 1. The van der Waals surface area contributed by atoms with Crippen LogP contribution in [-0.2, 0) is 6.42 Å². The monoisotopic (exact) mass is 369 g/mol.